The molecule has 2 aromatic rings. The summed E-state index contributed by atoms with van der Waals surface area (Å²) in [6.07, 6.45) is 3.25. The third-order valence-electron chi connectivity index (χ3n) is 7.45. The molecule has 1 aromatic heterocycles. The van der Waals surface area contributed by atoms with Crippen molar-refractivity contribution in [1.29, 1.82) is 5.26 Å². The third-order valence-corrected chi connectivity index (χ3v) is 7.45. The van der Waals surface area contributed by atoms with E-state index in [1.54, 1.807) is 36.4 Å². The van der Waals surface area contributed by atoms with E-state index in [2.05, 4.69) is 56.8 Å². The van der Waals surface area contributed by atoms with Crippen molar-refractivity contribution in [2.24, 2.45) is 26.5 Å². The molecule has 0 amide bonds. The van der Waals surface area contributed by atoms with E-state index in [-0.39, 0.29) is 30.0 Å². The number of azo groups is 1. The van der Waals surface area contributed by atoms with Crippen molar-refractivity contribution in [3.63, 3.8) is 0 Å². The smallest absolute Gasteiger partial charge is 0.313 e. The van der Waals surface area contributed by atoms with E-state index in [0.29, 0.717) is 22.8 Å². The monoisotopic (exact) mass is 464 g/mol. The van der Waals surface area contributed by atoms with E-state index in [0.717, 1.165) is 12.8 Å². The quantitative estimate of drug-likeness (QED) is 0.199. The van der Waals surface area contributed by atoms with Crippen molar-refractivity contribution >= 4 is 17.3 Å². The molecule has 1 aromatic carbocycles. The number of aromatic nitrogens is 1. The fraction of sp³-hybridized carbons (Fsp3) is 0.519. The third kappa shape index (κ3) is 5.99. The van der Waals surface area contributed by atoms with Gasteiger partial charge in [-0.1, -0.05) is 41.5 Å². The van der Waals surface area contributed by atoms with Crippen LogP contribution in [0.1, 0.15) is 67.0 Å². The fourth-order valence-electron chi connectivity index (χ4n) is 3.85. The van der Waals surface area contributed by atoms with Crippen LogP contribution in [0.2, 0.25) is 0 Å². The largest absolute Gasteiger partial charge is 0.490 e. The van der Waals surface area contributed by atoms with Gasteiger partial charge in [-0.25, -0.2) is 4.98 Å². The van der Waals surface area contributed by atoms with Crippen LogP contribution in [0.15, 0.2) is 52.8 Å². The number of pyridine rings is 1. The summed E-state index contributed by atoms with van der Waals surface area (Å²) in [5.41, 5.74) is 0.512. The first-order valence-electron chi connectivity index (χ1n) is 11.7. The molecule has 0 N–H and O–H groups in total. The van der Waals surface area contributed by atoms with Crippen molar-refractivity contribution in [2.75, 3.05) is 13.2 Å². The molecule has 0 aliphatic carbocycles. The van der Waals surface area contributed by atoms with Crippen molar-refractivity contribution in [3.8, 4) is 11.8 Å². The second-order valence-electron chi connectivity index (χ2n) is 9.79. The highest BCUT2D eigenvalue weighted by atomic mass is 16.6. The van der Waals surface area contributed by atoms with Crippen LogP contribution >= 0.6 is 0 Å². The lowest BCUT2D eigenvalue weighted by atomic mass is 9.52. The maximum absolute atomic E-state index is 13.2. The lowest BCUT2D eigenvalue weighted by molar-refractivity contribution is -0.176. The van der Waals surface area contributed by atoms with Crippen molar-refractivity contribution in [3.05, 3.63) is 48.3 Å². The first kappa shape index (κ1) is 27.0. The lowest BCUT2D eigenvalue weighted by Gasteiger charge is -2.51. The normalized spacial score (nSPS) is 12.4. The molecule has 0 saturated heterocycles. The molecule has 0 unspecified atom stereocenters. The zero-order chi connectivity index (χ0) is 25.4. The van der Waals surface area contributed by atoms with Gasteiger partial charge in [-0.2, -0.15) is 10.4 Å². The van der Waals surface area contributed by atoms with E-state index in [1.165, 1.54) is 6.20 Å². The lowest BCUT2D eigenvalue weighted by Crippen LogP contribution is -2.53. The number of nitrogens with zero attached hydrogens (tertiary/aromatic N) is 4. The minimum Gasteiger partial charge on any atom is -0.490 e. The highest BCUT2D eigenvalue weighted by molar-refractivity contribution is 5.78. The minimum atomic E-state index is -0.624. The van der Waals surface area contributed by atoms with Crippen molar-refractivity contribution in [1.82, 2.24) is 4.98 Å². The van der Waals surface area contributed by atoms with Gasteiger partial charge in [0.1, 0.15) is 36.4 Å². The van der Waals surface area contributed by atoms with Gasteiger partial charge in [0, 0.05) is 0 Å². The van der Waals surface area contributed by atoms with Crippen LogP contribution in [-0.4, -0.2) is 24.2 Å². The maximum Gasteiger partial charge on any atom is 0.313 e. The Morgan fingerprint density at radius 1 is 0.912 bits per heavy atom. The zero-order valence-corrected chi connectivity index (χ0v) is 21.4. The van der Waals surface area contributed by atoms with Crippen LogP contribution in [0.4, 0.5) is 11.4 Å². The molecule has 0 aliphatic rings. The van der Waals surface area contributed by atoms with Crippen molar-refractivity contribution < 1.29 is 14.3 Å². The van der Waals surface area contributed by atoms with Crippen LogP contribution in [0.5, 0.6) is 5.75 Å². The number of hydrogen-bond acceptors (Lipinski definition) is 7. The molecular weight excluding hydrogens is 428 g/mol. The number of carbonyl (C=O) groups excluding carboxylic acids is 1. The highest BCUT2D eigenvalue weighted by Gasteiger charge is 2.56. The van der Waals surface area contributed by atoms with Crippen LogP contribution in [0.25, 0.3) is 0 Å². The number of nitriles is 1. The summed E-state index contributed by atoms with van der Waals surface area (Å²) in [7, 11) is 0. The molecule has 0 radical (unpaired) electrons. The van der Waals surface area contributed by atoms with E-state index in [4.69, 9.17) is 14.7 Å². The number of rotatable bonds is 11. The number of hydrogen-bond donors (Lipinski definition) is 0. The number of carbonyl (C=O) groups is 1. The van der Waals surface area contributed by atoms with Gasteiger partial charge >= 0.3 is 5.97 Å². The Hall–Kier alpha value is -3.27. The maximum atomic E-state index is 13.2. The van der Waals surface area contributed by atoms with Crippen LogP contribution in [-0.2, 0) is 9.53 Å². The Morgan fingerprint density at radius 2 is 1.47 bits per heavy atom. The minimum absolute atomic E-state index is 0.178. The topological polar surface area (TPSA) is 96.9 Å². The summed E-state index contributed by atoms with van der Waals surface area (Å²) in [5, 5.41) is 17.1. The summed E-state index contributed by atoms with van der Waals surface area (Å²) in [5.74, 6) is 0.475. The predicted octanol–water partition coefficient (Wildman–Crippen LogP) is 7.17. The van der Waals surface area contributed by atoms with Gasteiger partial charge in [0.2, 0.25) is 0 Å². The summed E-state index contributed by atoms with van der Waals surface area (Å²) >= 11 is 0. The van der Waals surface area contributed by atoms with Gasteiger partial charge in [0.15, 0.2) is 0 Å². The molecule has 0 saturated carbocycles. The first-order valence-corrected chi connectivity index (χ1v) is 11.7. The van der Waals surface area contributed by atoms with Crippen molar-refractivity contribution in [2.45, 2.75) is 61.3 Å². The van der Waals surface area contributed by atoms with E-state index >= 15 is 0 Å². The number of benzene rings is 1. The first-order chi connectivity index (χ1) is 16.0. The van der Waals surface area contributed by atoms with Gasteiger partial charge in [-0.15, -0.1) is 5.11 Å². The molecule has 0 fully saturated rings. The average molecular weight is 465 g/mol. The molecular formula is C27H36N4O3. The molecule has 0 bridgehead atoms. The second-order valence-corrected chi connectivity index (χ2v) is 9.79. The van der Waals surface area contributed by atoms with E-state index in [1.807, 2.05) is 13.0 Å². The summed E-state index contributed by atoms with van der Waals surface area (Å²) in [4.78, 5) is 17.2. The molecule has 34 heavy (non-hydrogen) atoms. The SMILES string of the molecule is CCC(C)(C)C(C)(C(=O)OCCOc1ccc(/N=N/c2ccc(C#N)nc2)cc1)C(C)(C)CC. The highest BCUT2D eigenvalue weighted by Crippen LogP contribution is 2.55. The molecule has 7 heteroatoms. The van der Waals surface area contributed by atoms with Crippen LogP contribution in [0, 0.1) is 27.6 Å². The molecule has 0 spiro atoms. The van der Waals surface area contributed by atoms with Gasteiger partial charge < -0.3 is 9.47 Å². The molecule has 182 valence electrons. The molecule has 0 aliphatic heterocycles. The van der Waals surface area contributed by atoms with E-state index in [9.17, 15) is 4.79 Å². The molecule has 2 rings (SSSR count). The van der Waals surface area contributed by atoms with Crippen LogP contribution in [0.3, 0.4) is 0 Å². The Kier molecular flexibility index (Phi) is 8.92. The second kappa shape index (κ2) is 11.2. The predicted molar refractivity (Wildman–Crippen MR) is 132 cm³/mol. The number of esters is 1. The summed E-state index contributed by atoms with van der Waals surface area (Å²) in [6, 6.07) is 12.4. The summed E-state index contributed by atoms with van der Waals surface area (Å²) in [6.45, 7) is 15.3. The van der Waals surface area contributed by atoms with Gasteiger partial charge in [-0.05, 0) is 67.0 Å². The van der Waals surface area contributed by atoms with E-state index < -0.39 is 5.41 Å². The Bertz CT molecular complexity index is 1000. The van der Waals surface area contributed by atoms with Gasteiger partial charge in [0.05, 0.1) is 17.3 Å². The number of ether oxygens (including phenoxy) is 2. The average Bonchev–Trinajstić information content (AvgIpc) is 2.85. The molecule has 0 atom stereocenters. The molecule has 1 heterocycles. The fourth-order valence-corrected chi connectivity index (χ4v) is 3.85. The van der Waals surface area contributed by atoms with Gasteiger partial charge in [-0.3, -0.25) is 4.79 Å². The standard InChI is InChI=1S/C27H36N4O3/c1-8-25(3,4)27(7,26(5,6)9-2)24(32)34-17-16-33-23-14-12-20(13-15-23)30-31-22-11-10-21(18-28)29-19-22/h10-15,19H,8-9,16-17H2,1-7H3/b31-30+. The van der Waals surface area contributed by atoms with Gasteiger partial charge in [0.25, 0.3) is 0 Å². The summed E-state index contributed by atoms with van der Waals surface area (Å²) < 4.78 is 11.5. The van der Waals surface area contributed by atoms with Crippen LogP contribution < -0.4 is 4.74 Å². The zero-order valence-electron chi connectivity index (χ0n) is 21.4. The Labute approximate surface area is 203 Å². The Morgan fingerprint density at radius 3 is 1.97 bits per heavy atom. The molecule has 7 nitrogen and oxygen atoms in total. The Balaban J connectivity index is 1.92.